The summed E-state index contributed by atoms with van der Waals surface area (Å²) in [5, 5.41) is 7.60. The molecule has 1 heterocycles. The van der Waals surface area contributed by atoms with Gasteiger partial charge in [0.15, 0.2) is 11.0 Å². The second-order valence-electron chi connectivity index (χ2n) is 6.47. The predicted octanol–water partition coefficient (Wildman–Crippen LogP) is 5.88. The molecule has 3 aromatic rings. The first-order chi connectivity index (χ1) is 15.3. The van der Waals surface area contributed by atoms with Crippen LogP contribution in [-0.4, -0.2) is 24.0 Å². The van der Waals surface area contributed by atoms with E-state index in [1.807, 2.05) is 0 Å². The Morgan fingerprint density at radius 2 is 1.76 bits per heavy atom. The zero-order valence-electron chi connectivity index (χ0n) is 16.0. The Kier molecular flexibility index (Phi) is 6.50. The van der Waals surface area contributed by atoms with Gasteiger partial charge in [-0.25, -0.2) is 0 Å². The number of benzene rings is 2. The highest BCUT2D eigenvalue weighted by Crippen LogP contribution is 2.40. The minimum atomic E-state index is -5.04. The Morgan fingerprint density at radius 3 is 2.36 bits per heavy atom. The minimum absolute atomic E-state index is 0.151. The van der Waals surface area contributed by atoms with E-state index in [9.17, 15) is 35.9 Å². The van der Waals surface area contributed by atoms with Crippen LogP contribution in [0.4, 0.5) is 26.3 Å². The Bertz CT molecular complexity index is 1260. The van der Waals surface area contributed by atoms with Crippen LogP contribution in [0.5, 0.6) is 11.5 Å². The number of carboxylic acids is 1. The summed E-state index contributed by atoms with van der Waals surface area (Å²) < 4.78 is 91.6. The SMILES string of the molecule is O=C(O)CCOc1cc(OC(F)(F)F)ccc1-c1cc(=O)c2ccc(C(F)(F)F)c(Cl)c2o1. The third-order valence-electron chi connectivity index (χ3n) is 4.17. The lowest BCUT2D eigenvalue weighted by Crippen LogP contribution is -2.17. The highest BCUT2D eigenvalue weighted by atomic mass is 35.5. The molecule has 0 aliphatic carbocycles. The molecule has 0 fully saturated rings. The molecule has 0 atom stereocenters. The molecule has 3 rings (SSSR count). The molecule has 1 aromatic heterocycles. The molecule has 176 valence electrons. The Morgan fingerprint density at radius 1 is 1.06 bits per heavy atom. The molecule has 0 aliphatic heterocycles. The number of ether oxygens (including phenoxy) is 2. The van der Waals surface area contributed by atoms with E-state index < -0.39 is 58.9 Å². The zero-order valence-corrected chi connectivity index (χ0v) is 16.8. The molecule has 0 saturated heterocycles. The van der Waals surface area contributed by atoms with Crippen LogP contribution in [0.1, 0.15) is 12.0 Å². The van der Waals surface area contributed by atoms with Crippen molar-refractivity contribution < 1.29 is 50.1 Å². The number of aliphatic carboxylic acids is 1. The van der Waals surface area contributed by atoms with Crippen LogP contribution in [0.2, 0.25) is 5.02 Å². The third-order valence-corrected chi connectivity index (χ3v) is 4.54. The lowest BCUT2D eigenvalue weighted by molar-refractivity contribution is -0.274. The average Bonchev–Trinajstić information content (AvgIpc) is 2.66. The predicted molar refractivity (Wildman–Crippen MR) is 102 cm³/mol. The average molecular weight is 497 g/mol. The fraction of sp³-hybridized carbons (Fsp3) is 0.200. The van der Waals surface area contributed by atoms with Crippen molar-refractivity contribution in [2.75, 3.05) is 6.61 Å². The van der Waals surface area contributed by atoms with Gasteiger partial charge in [0.05, 0.1) is 34.6 Å². The van der Waals surface area contributed by atoms with Crippen LogP contribution < -0.4 is 14.9 Å². The number of rotatable bonds is 6. The molecule has 6 nitrogen and oxygen atoms in total. The van der Waals surface area contributed by atoms with E-state index in [-0.39, 0.29) is 22.5 Å². The number of hydrogen-bond donors (Lipinski definition) is 1. The van der Waals surface area contributed by atoms with Crippen LogP contribution in [0.3, 0.4) is 0 Å². The molecule has 0 spiro atoms. The molecule has 0 saturated carbocycles. The molecule has 33 heavy (non-hydrogen) atoms. The maximum atomic E-state index is 13.2. The summed E-state index contributed by atoms with van der Waals surface area (Å²) in [5.74, 6) is -2.73. The molecule has 0 bridgehead atoms. The summed E-state index contributed by atoms with van der Waals surface area (Å²) >= 11 is 5.82. The maximum absolute atomic E-state index is 13.2. The zero-order chi connectivity index (χ0) is 24.6. The van der Waals surface area contributed by atoms with Gasteiger partial charge in [-0.2, -0.15) is 13.2 Å². The number of hydrogen-bond acceptors (Lipinski definition) is 5. The van der Waals surface area contributed by atoms with Crippen LogP contribution in [0, 0.1) is 0 Å². The van der Waals surface area contributed by atoms with E-state index >= 15 is 0 Å². The van der Waals surface area contributed by atoms with Gasteiger partial charge in [-0.05, 0) is 24.3 Å². The van der Waals surface area contributed by atoms with Gasteiger partial charge < -0.3 is 19.0 Å². The Labute approximate surface area is 184 Å². The van der Waals surface area contributed by atoms with E-state index in [1.54, 1.807) is 0 Å². The van der Waals surface area contributed by atoms with Crippen LogP contribution >= 0.6 is 11.6 Å². The topological polar surface area (TPSA) is 86.0 Å². The second-order valence-corrected chi connectivity index (χ2v) is 6.85. The fourth-order valence-electron chi connectivity index (χ4n) is 2.81. The molecule has 0 aliphatic rings. The van der Waals surface area contributed by atoms with Crippen molar-refractivity contribution in [3.05, 3.63) is 57.2 Å². The van der Waals surface area contributed by atoms with Crippen molar-refractivity contribution in [3.8, 4) is 22.8 Å². The number of carbonyl (C=O) groups is 1. The van der Waals surface area contributed by atoms with Crippen molar-refractivity contribution >= 4 is 28.5 Å². The van der Waals surface area contributed by atoms with Gasteiger partial charge >= 0.3 is 18.5 Å². The number of carboxylic acid groups (broad SMARTS) is 1. The van der Waals surface area contributed by atoms with Crippen LogP contribution in [-0.2, 0) is 11.0 Å². The molecular weight excluding hydrogens is 486 g/mol. The van der Waals surface area contributed by atoms with Gasteiger partial charge in [0, 0.05) is 12.1 Å². The third kappa shape index (κ3) is 5.69. The van der Waals surface area contributed by atoms with Gasteiger partial charge in [0.25, 0.3) is 0 Å². The van der Waals surface area contributed by atoms with Gasteiger partial charge in [-0.3, -0.25) is 9.59 Å². The molecule has 1 N–H and O–H groups in total. The first kappa shape index (κ1) is 24.2. The van der Waals surface area contributed by atoms with Gasteiger partial charge in [0.1, 0.15) is 17.3 Å². The maximum Gasteiger partial charge on any atom is 0.573 e. The molecular formula is C20H11ClF6O6. The van der Waals surface area contributed by atoms with E-state index in [0.29, 0.717) is 6.07 Å². The summed E-state index contributed by atoms with van der Waals surface area (Å²) in [6, 6.07) is 5.00. The highest BCUT2D eigenvalue weighted by molar-refractivity contribution is 6.35. The molecule has 0 radical (unpaired) electrons. The molecule has 0 unspecified atom stereocenters. The van der Waals surface area contributed by atoms with E-state index in [1.165, 1.54) is 0 Å². The number of halogens is 7. The van der Waals surface area contributed by atoms with Crippen LogP contribution in [0.25, 0.3) is 22.3 Å². The molecule has 2 aromatic carbocycles. The van der Waals surface area contributed by atoms with Crippen molar-refractivity contribution in [2.45, 2.75) is 19.0 Å². The fourth-order valence-corrected chi connectivity index (χ4v) is 3.12. The largest absolute Gasteiger partial charge is 0.573 e. The van der Waals surface area contributed by atoms with Crippen molar-refractivity contribution in [1.29, 1.82) is 0 Å². The Balaban J connectivity index is 2.16. The normalized spacial score (nSPS) is 12.1. The van der Waals surface area contributed by atoms with Crippen molar-refractivity contribution in [2.24, 2.45) is 0 Å². The summed E-state index contributed by atoms with van der Waals surface area (Å²) in [4.78, 5) is 23.2. The van der Waals surface area contributed by atoms with E-state index in [4.69, 9.17) is 25.9 Å². The van der Waals surface area contributed by atoms with Gasteiger partial charge in [0.2, 0.25) is 0 Å². The first-order valence-electron chi connectivity index (χ1n) is 8.84. The quantitative estimate of drug-likeness (QED) is 0.429. The second kappa shape index (κ2) is 8.85. The minimum Gasteiger partial charge on any atom is -0.492 e. The highest BCUT2D eigenvalue weighted by Gasteiger charge is 2.35. The van der Waals surface area contributed by atoms with Gasteiger partial charge in [-0.15, -0.1) is 13.2 Å². The summed E-state index contributed by atoms with van der Waals surface area (Å²) in [7, 11) is 0. The van der Waals surface area contributed by atoms with Gasteiger partial charge in [-0.1, -0.05) is 11.6 Å². The summed E-state index contributed by atoms with van der Waals surface area (Å²) in [6.45, 7) is -0.478. The smallest absolute Gasteiger partial charge is 0.492 e. The summed E-state index contributed by atoms with van der Waals surface area (Å²) in [5.41, 5.74) is -2.79. The van der Waals surface area contributed by atoms with E-state index in [2.05, 4.69) is 4.74 Å². The van der Waals surface area contributed by atoms with Crippen LogP contribution in [0.15, 0.2) is 45.6 Å². The number of alkyl halides is 6. The summed E-state index contributed by atoms with van der Waals surface area (Å²) in [6.07, 6.45) is -10.4. The molecule has 0 amide bonds. The number of fused-ring (bicyclic) bond motifs is 1. The lowest BCUT2D eigenvalue weighted by atomic mass is 10.1. The van der Waals surface area contributed by atoms with Crippen molar-refractivity contribution in [3.63, 3.8) is 0 Å². The molecule has 13 heteroatoms. The van der Waals surface area contributed by atoms with Crippen molar-refractivity contribution in [1.82, 2.24) is 0 Å². The Hall–Kier alpha value is -3.41. The monoisotopic (exact) mass is 496 g/mol. The lowest BCUT2D eigenvalue weighted by Gasteiger charge is -2.15. The van der Waals surface area contributed by atoms with E-state index in [0.717, 1.165) is 30.3 Å². The first-order valence-corrected chi connectivity index (χ1v) is 9.22. The standard InChI is InChI=1S/C20H11ClF6O6/c21-17-12(19(22,23)24)4-3-10-13(28)8-15(32-18(10)17)11-2-1-9(33-20(25,26)27)7-14(11)31-6-5-16(29)30/h1-4,7-8H,5-6H2,(H,29,30).